The Balaban J connectivity index is 3.38. The molecule has 0 aromatic heterocycles. The van der Waals surface area contributed by atoms with Crippen molar-refractivity contribution < 1.29 is 0 Å². The minimum atomic E-state index is 0.473. The third kappa shape index (κ3) is 14.0. The first-order chi connectivity index (χ1) is 8.10. The largest absolute Gasteiger partial charge is 0.306 e. The molecule has 18 heavy (non-hydrogen) atoms. The van der Waals surface area contributed by atoms with E-state index >= 15 is 0 Å². The molecule has 0 amide bonds. The predicted molar refractivity (Wildman–Crippen MR) is 84.1 cm³/mol. The molecule has 0 bridgehead atoms. The lowest BCUT2D eigenvalue weighted by molar-refractivity contribution is 0.259. The van der Waals surface area contributed by atoms with E-state index in [1.54, 1.807) is 0 Å². The van der Waals surface area contributed by atoms with Gasteiger partial charge in [0.25, 0.3) is 0 Å². The van der Waals surface area contributed by atoms with Crippen LogP contribution in [0.5, 0.6) is 0 Å². The second-order valence-corrected chi connectivity index (χ2v) is 8.34. The van der Waals surface area contributed by atoms with Crippen LogP contribution in [0, 0.1) is 10.8 Å². The summed E-state index contributed by atoms with van der Waals surface area (Å²) in [5.41, 5.74) is 0.991. The van der Waals surface area contributed by atoms with Crippen LogP contribution in [0.25, 0.3) is 0 Å². The van der Waals surface area contributed by atoms with Gasteiger partial charge < -0.3 is 4.90 Å². The Bertz CT molecular complexity index is 195. The Morgan fingerprint density at radius 2 is 1.11 bits per heavy atom. The third-order valence-electron chi connectivity index (χ3n) is 3.46. The fraction of sp³-hybridized carbons (Fsp3) is 1.00. The molecule has 0 aliphatic carbocycles. The highest BCUT2D eigenvalue weighted by Crippen LogP contribution is 2.22. The lowest BCUT2D eigenvalue weighted by Crippen LogP contribution is -2.24. The SMILES string of the molecule is CN(CCCCCCC(C)(C)C)CCC(C)(C)C. The lowest BCUT2D eigenvalue weighted by Gasteiger charge is -2.23. The third-order valence-corrected chi connectivity index (χ3v) is 3.46. The van der Waals surface area contributed by atoms with Crippen LogP contribution in [0.3, 0.4) is 0 Å². The first kappa shape index (κ1) is 18.0. The van der Waals surface area contributed by atoms with Crippen molar-refractivity contribution in [3.63, 3.8) is 0 Å². The summed E-state index contributed by atoms with van der Waals surface area (Å²) in [6, 6.07) is 0. The number of nitrogens with zero attached hydrogens (tertiary/aromatic N) is 1. The Hall–Kier alpha value is -0.0400. The molecule has 1 nitrogen and oxygen atoms in total. The van der Waals surface area contributed by atoms with E-state index < -0.39 is 0 Å². The van der Waals surface area contributed by atoms with Crippen LogP contribution in [0.4, 0.5) is 0 Å². The van der Waals surface area contributed by atoms with Gasteiger partial charge in [0.2, 0.25) is 0 Å². The van der Waals surface area contributed by atoms with Crippen molar-refractivity contribution in [2.45, 2.75) is 80.1 Å². The van der Waals surface area contributed by atoms with Gasteiger partial charge in [-0.2, -0.15) is 0 Å². The van der Waals surface area contributed by atoms with Crippen molar-refractivity contribution in [3.8, 4) is 0 Å². The molecular formula is C17H37N. The molecule has 0 saturated carbocycles. The quantitative estimate of drug-likeness (QED) is 0.528. The van der Waals surface area contributed by atoms with Crippen molar-refractivity contribution in [1.82, 2.24) is 4.90 Å². The fourth-order valence-corrected chi connectivity index (χ4v) is 2.03. The molecule has 0 aliphatic heterocycles. The van der Waals surface area contributed by atoms with Crippen LogP contribution < -0.4 is 0 Å². The molecule has 0 N–H and O–H groups in total. The molecule has 0 aromatic rings. The fourth-order valence-electron chi connectivity index (χ4n) is 2.03. The minimum Gasteiger partial charge on any atom is -0.306 e. The van der Waals surface area contributed by atoms with Crippen molar-refractivity contribution in [2.75, 3.05) is 20.1 Å². The van der Waals surface area contributed by atoms with Gasteiger partial charge in [-0.05, 0) is 50.2 Å². The van der Waals surface area contributed by atoms with Gasteiger partial charge in [-0.15, -0.1) is 0 Å². The Labute approximate surface area is 116 Å². The van der Waals surface area contributed by atoms with Gasteiger partial charge in [-0.1, -0.05) is 60.8 Å². The summed E-state index contributed by atoms with van der Waals surface area (Å²) in [4.78, 5) is 2.50. The summed E-state index contributed by atoms with van der Waals surface area (Å²) < 4.78 is 0. The highest BCUT2D eigenvalue weighted by molar-refractivity contribution is 4.65. The zero-order valence-electron chi connectivity index (χ0n) is 14.1. The topological polar surface area (TPSA) is 3.24 Å². The van der Waals surface area contributed by atoms with Crippen molar-refractivity contribution in [1.29, 1.82) is 0 Å². The summed E-state index contributed by atoms with van der Waals surface area (Å²) in [6.45, 7) is 16.5. The molecule has 0 saturated heterocycles. The molecule has 0 atom stereocenters. The second kappa shape index (κ2) is 8.19. The molecule has 0 spiro atoms. The van der Waals surface area contributed by atoms with E-state index in [1.165, 1.54) is 51.6 Å². The molecule has 0 fully saturated rings. The summed E-state index contributed by atoms with van der Waals surface area (Å²) in [7, 11) is 2.26. The molecule has 0 heterocycles. The lowest BCUT2D eigenvalue weighted by atomic mass is 9.89. The zero-order chi connectivity index (χ0) is 14.2. The van der Waals surface area contributed by atoms with E-state index in [1.807, 2.05) is 0 Å². The summed E-state index contributed by atoms with van der Waals surface area (Å²) in [5, 5.41) is 0. The van der Waals surface area contributed by atoms with E-state index in [9.17, 15) is 0 Å². The van der Waals surface area contributed by atoms with Gasteiger partial charge in [0.15, 0.2) is 0 Å². The molecule has 0 aromatic carbocycles. The number of hydrogen-bond acceptors (Lipinski definition) is 1. The molecule has 0 radical (unpaired) electrons. The van der Waals surface area contributed by atoms with Crippen LogP contribution in [0.15, 0.2) is 0 Å². The van der Waals surface area contributed by atoms with E-state index in [2.05, 4.69) is 53.5 Å². The molecule has 1 heteroatoms. The molecule has 0 rings (SSSR count). The average molecular weight is 255 g/mol. The van der Waals surface area contributed by atoms with Crippen LogP contribution in [-0.2, 0) is 0 Å². The number of rotatable bonds is 8. The number of unbranched alkanes of at least 4 members (excludes halogenated alkanes) is 3. The smallest absolute Gasteiger partial charge is 0.00168 e. The van der Waals surface area contributed by atoms with Crippen LogP contribution >= 0.6 is 0 Å². The zero-order valence-corrected chi connectivity index (χ0v) is 14.1. The van der Waals surface area contributed by atoms with Crippen LogP contribution in [0.1, 0.15) is 80.1 Å². The predicted octanol–water partition coefficient (Wildman–Crippen LogP) is 5.35. The first-order valence-corrected chi connectivity index (χ1v) is 7.79. The van der Waals surface area contributed by atoms with Gasteiger partial charge in [-0.25, -0.2) is 0 Å². The molecule has 0 unspecified atom stereocenters. The monoisotopic (exact) mass is 255 g/mol. The van der Waals surface area contributed by atoms with Crippen LogP contribution in [-0.4, -0.2) is 25.0 Å². The number of hydrogen-bond donors (Lipinski definition) is 0. The highest BCUT2D eigenvalue weighted by atomic mass is 15.1. The molecular weight excluding hydrogens is 218 g/mol. The van der Waals surface area contributed by atoms with Crippen molar-refractivity contribution >= 4 is 0 Å². The van der Waals surface area contributed by atoms with Gasteiger partial charge in [-0.3, -0.25) is 0 Å². The van der Waals surface area contributed by atoms with Crippen LogP contribution in [0.2, 0.25) is 0 Å². The summed E-state index contributed by atoms with van der Waals surface area (Å²) >= 11 is 0. The van der Waals surface area contributed by atoms with Gasteiger partial charge >= 0.3 is 0 Å². The minimum absolute atomic E-state index is 0.473. The van der Waals surface area contributed by atoms with Gasteiger partial charge in [0.1, 0.15) is 0 Å². The maximum absolute atomic E-state index is 2.50. The van der Waals surface area contributed by atoms with Gasteiger partial charge in [0, 0.05) is 0 Å². The van der Waals surface area contributed by atoms with E-state index in [4.69, 9.17) is 0 Å². The van der Waals surface area contributed by atoms with E-state index in [0.717, 1.165) is 0 Å². The van der Waals surface area contributed by atoms with Crippen molar-refractivity contribution in [2.24, 2.45) is 10.8 Å². The molecule has 110 valence electrons. The highest BCUT2D eigenvalue weighted by Gasteiger charge is 2.11. The van der Waals surface area contributed by atoms with E-state index in [0.29, 0.717) is 10.8 Å². The van der Waals surface area contributed by atoms with Crippen molar-refractivity contribution in [3.05, 3.63) is 0 Å². The maximum Gasteiger partial charge on any atom is -0.00168 e. The summed E-state index contributed by atoms with van der Waals surface area (Å²) in [6.07, 6.45) is 8.24. The normalized spacial score (nSPS) is 13.3. The van der Waals surface area contributed by atoms with E-state index in [-0.39, 0.29) is 0 Å². The molecule has 0 aliphatic rings. The standard InChI is InChI=1S/C17H37N/c1-16(2,3)12-10-8-9-11-14-18(7)15-13-17(4,5)6/h8-15H2,1-7H3. The second-order valence-electron chi connectivity index (χ2n) is 8.34. The first-order valence-electron chi connectivity index (χ1n) is 7.79. The Morgan fingerprint density at radius 1 is 0.611 bits per heavy atom. The maximum atomic E-state index is 2.50. The average Bonchev–Trinajstić information content (AvgIpc) is 2.17. The van der Waals surface area contributed by atoms with Gasteiger partial charge in [0.05, 0.1) is 0 Å². The summed E-state index contributed by atoms with van der Waals surface area (Å²) in [5.74, 6) is 0. The Kier molecular flexibility index (Phi) is 8.18. The Morgan fingerprint density at radius 3 is 1.61 bits per heavy atom.